The Bertz CT molecular complexity index is 1030. The van der Waals surface area contributed by atoms with Crippen LogP contribution in [0.5, 0.6) is 0 Å². The van der Waals surface area contributed by atoms with Crippen LogP contribution in [0.3, 0.4) is 0 Å². The van der Waals surface area contributed by atoms with Crippen molar-refractivity contribution in [3.63, 3.8) is 0 Å². The second-order valence-corrected chi connectivity index (χ2v) is 7.91. The number of benzene rings is 2. The zero-order valence-corrected chi connectivity index (χ0v) is 15.7. The zero-order valence-electron chi connectivity index (χ0n) is 14.8. The number of anilines is 1. The van der Waals surface area contributed by atoms with Crippen LogP contribution < -0.4 is 10.0 Å². The Balaban J connectivity index is 1.71. The molecule has 3 rings (SSSR count). The van der Waals surface area contributed by atoms with E-state index in [-0.39, 0.29) is 16.6 Å². The SMILES string of the molecule is CC(C)NS(=O)(=O)c1ccc(NC(=O)c2cc(-c3ccccc3)on2)cc1. The summed E-state index contributed by atoms with van der Waals surface area (Å²) < 4.78 is 31.9. The van der Waals surface area contributed by atoms with Crippen LogP contribution in [0.2, 0.25) is 0 Å². The summed E-state index contributed by atoms with van der Waals surface area (Å²) in [6.07, 6.45) is 0. The van der Waals surface area contributed by atoms with Crippen molar-refractivity contribution in [3.05, 3.63) is 66.4 Å². The van der Waals surface area contributed by atoms with Gasteiger partial charge in [0.1, 0.15) is 0 Å². The average Bonchev–Trinajstić information content (AvgIpc) is 3.12. The van der Waals surface area contributed by atoms with Gasteiger partial charge < -0.3 is 9.84 Å². The number of sulfonamides is 1. The number of rotatable bonds is 6. The van der Waals surface area contributed by atoms with Crippen molar-refractivity contribution in [3.8, 4) is 11.3 Å². The minimum atomic E-state index is -3.57. The van der Waals surface area contributed by atoms with E-state index >= 15 is 0 Å². The zero-order chi connectivity index (χ0) is 19.4. The van der Waals surface area contributed by atoms with E-state index in [1.165, 1.54) is 24.3 Å². The molecule has 7 nitrogen and oxygen atoms in total. The summed E-state index contributed by atoms with van der Waals surface area (Å²) >= 11 is 0. The number of hydrogen-bond acceptors (Lipinski definition) is 5. The second-order valence-electron chi connectivity index (χ2n) is 6.20. The van der Waals surface area contributed by atoms with Crippen molar-refractivity contribution >= 4 is 21.6 Å². The van der Waals surface area contributed by atoms with E-state index in [0.717, 1.165) is 5.56 Å². The number of nitrogens with one attached hydrogen (secondary N) is 2. The molecular formula is C19H19N3O4S. The first-order valence-electron chi connectivity index (χ1n) is 8.31. The van der Waals surface area contributed by atoms with Crippen LogP contribution in [0.1, 0.15) is 24.3 Å². The molecule has 1 heterocycles. The van der Waals surface area contributed by atoms with Crippen LogP contribution in [0.4, 0.5) is 5.69 Å². The van der Waals surface area contributed by atoms with Gasteiger partial charge in [-0.15, -0.1) is 0 Å². The van der Waals surface area contributed by atoms with Crippen LogP contribution in [-0.4, -0.2) is 25.5 Å². The molecule has 0 saturated carbocycles. The fourth-order valence-corrected chi connectivity index (χ4v) is 3.66. The van der Waals surface area contributed by atoms with Crippen LogP contribution in [-0.2, 0) is 10.0 Å². The molecule has 3 aromatic rings. The topological polar surface area (TPSA) is 101 Å². The van der Waals surface area contributed by atoms with Crippen molar-refractivity contribution in [1.82, 2.24) is 9.88 Å². The summed E-state index contributed by atoms with van der Waals surface area (Å²) in [7, 11) is -3.57. The van der Waals surface area contributed by atoms with Gasteiger partial charge >= 0.3 is 0 Å². The molecule has 0 spiro atoms. The highest BCUT2D eigenvalue weighted by atomic mass is 32.2. The molecule has 0 fully saturated rings. The van der Waals surface area contributed by atoms with E-state index in [1.807, 2.05) is 30.3 Å². The monoisotopic (exact) mass is 385 g/mol. The lowest BCUT2D eigenvalue weighted by atomic mass is 10.1. The number of aromatic nitrogens is 1. The predicted octanol–water partition coefficient (Wildman–Crippen LogP) is 3.28. The fourth-order valence-electron chi connectivity index (χ4n) is 2.41. The van der Waals surface area contributed by atoms with Crippen LogP contribution in [0.15, 0.2) is 70.1 Å². The third-order valence-electron chi connectivity index (χ3n) is 3.61. The molecule has 0 saturated heterocycles. The van der Waals surface area contributed by atoms with E-state index in [9.17, 15) is 13.2 Å². The molecule has 27 heavy (non-hydrogen) atoms. The first-order valence-corrected chi connectivity index (χ1v) is 9.79. The maximum Gasteiger partial charge on any atom is 0.277 e. The summed E-state index contributed by atoms with van der Waals surface area (Å²) in [5.41, 5.74) is 1.40. The highest BCUT2D eigenvalue weighted by Gasteiger charge is 2.17. The minimum absolute atomic E-state index is 0.127. The number of nitrogens with zero attached hydrogens (tertiary/aromatic N) is 1. The standard InChI is InChI=1S/C19H19N3O4S/c1-13(2)22-27(24,25)16-10-8-15(9-11-16)20-19(23)17-12-18(26-21-17)14-6-4-3-5-7-14/h3-13,22H,1-2H3,(H,20,23). The van der Waals surface area contributed by atoms with Crippen molar-refractivity contribution < 1.29 is 17.7 Å². The summed E-state index contributed by atoms with van der Waals surface area (Å²) in [4.78, 5) is 12.4. The molecule has 1 amide bonds. The molecule has 2 N–H and O–H groups in total. The first-order chi connectivity index (χ1) is 12.8. The van der Waals surface area contributed by atoms with E-state index < -0.39 is 15.9 Å². The smallest absolute Gasteiger partial charge is 0.277 e. The Morgan fingerprint density at radius 1 is 1.04 bits per heavy atom. The highest BCUT2D eigenvalue weighted by molar-refractivity contribution is 7.89. The molecule has 140 valence electrons. The Kier molecular flexibility index (Phi) is 5.38. The lowest BCUT2D eigenvalue weighted by Gasteiger charge is -2.10. The summed E-state index contributed by atoms with van der Waals surface area (Å²) in [5, 5.41) is 6.45. The summed E-state index contributed by atoms with van der Waals surface area (Å²) in [6, 6.07) is 16.6. The molecule has 1 aromatic heterocycles. The summed E-state index contributed by atoms with van der Waals surface area (Å²) in [5.74, 6) is 0.0406. The van der Waals surface area contributed by atoms with Gasteiger partial charge in [-0.2, -0.15) is 0 Å². The molecule has 0 aliphatic carbocycles. The Hall–Kier alpha value is -2.97. The van der Waals surface area contributed by atoms with Crippen LogP contribution >= 0.6 is 0 Å². The van der Waals surface area contributed by atoms with Gasteiger partial charge in [0.2, 0.25) is 10.0 Å². The van der Waals surface area contributed by atoms with E-state index in [2.05, 4.69) is 15.2 Å². The molecular weight excluding hydrogens is 366 g/mol. The maximum absolute atomic E-state index is 12.3. The molecule has 0 aliphatic rings. The Labute approximate surface area is 157 Å². The van der Waals surface area contributed by atoms with E-state index in [1.54, 1.807) is 19.9 Å². The number of carbonyl (C=O) groups excluding carboxylic acids is 1. The van der Waals surface area contributed by atoms with E-state index in [0.29, 0.717) is 11.4 Å². The molecule has 0 radical (unpaired) electrons. The lowest BCUT2D eigenvalue weighted by molar-refractivity contribution is 0.101. The quantitative estimate of drug-likeness (QED) is 0.678. The van der Waals surface area contributed by atoms with Gasteiger partial charge in [-0.3, -0.25) is 4.79 Å². The molecule has 0 unspecified atom stereocenters. The first kappa shape index (κ1) is 18.8. The molecule has 0 bridgehead atoms. The molecule has 0 aliphatic heterocycles. The largest absolute Gasteiger partial charge is 0.355 e. The van der Waals surface area contributed by atoms with Gasteiger partial charge in [-0.1, -0.05) is 35.5 Å². The Morgan fingerprint density at radius 3 is 2.33 bits per heavy atom. The average molecular weight is 385 g/mol. The lowest BCUT2D eigenvalue weighted by Crippen LogP contribution is -2.30. The highest BCUT2D eigenvalue weighted by Crippen LogP contribution is 2.21. The maximum atomic E-state index is 12.3. The van der Waals surface area contributed by atoms with Crippen LogP contribution in [0, 0.1) is 0 Å². The Morgan fingerprint density at radius 2 is 1.70 bits per heavy atom. The third kappa shape index (κ3) is 4.60. The van der Waals surface area contributed by atoms with Crippen molar-refractivity contribution in [2.45, 2.75) is 24.8 Å². The summed E-state index contributed by atoms with van der Waals surface area (Å²) in [6.45, 7) is 3.49. The second kappa shape index (κ2) is 7.73. The van der Waals surface area contributed by atoms with Gasteiger partial charge in [0.25, 0.3) is 5.91 Å². The minimum Gasteiger partial charge on any atom is -0.355 e. The van der Waals surface area contributed by atoms with Gasteiger partial charge in [-0.25, -0.2) is 13.1 Å². The van der Waals surface area contributed by atoms with Gasteiger partial charge in [-0.05, 0) is 38.1 Å². The normalized spacial score (nSPS) is 11.5. The number of hydrogen-bond donors (Lipinski definition) is 2. The third-order valence-corrected chi connectivity index (χ3v) is 5.29. The van der Waals surface area contributed by atoms with Gasteiger partial charge in [0, 0.05) is 23.4 Å². The van der Waals surface area contributed by atoms with E-state index in [4.69, 9.17) is 4.52 Å². The molecule has 0 atom stereocenters. The number of amides is 1. The fraction of sp³-hybridized carbons (Fsp3) is 0.158. The molecule has 2 aromatic carbocycles. The van der Waals surface area contributed by atoms with Crippen molar-refractivity contribution in [2.75, 3.05) is 5.32 Å². The van der Waals surface area contributed by atoms with Crippen molar-refractivity contribution in [1.29, 1.82) is 0 Å². The van der Waals surface area contributed by atoms with Gasteiger partial charge in [0.15, 0.2) is 11.5 Å². The van der Waals surface area contributed by atoms with Crippen LogP contribution in [0.25, 0.3) is 11.3 Å². The van der Waals surface area contributed by atoms with Gasteiger partial charge in [0.05, 0.1) is 4.90 Å². The number of carbonyl (C=O) groups is 1. The van der Waals surface area contributed by atoms with Crippen molar-refractivity contribution in [2.24, 2.45) is 0 Å². The predicted molar refractivity (Wildman–Crippen MR) is 102 cm³/mol. The molecule has 8 heteroatoms.